The highest BCUT2D eigenvalue weighted by molar-refractivity contribution is 5.85. The second kappa shape index (κ2) is 7.65. The van der Waals surface area contributed by atoms with Crippen LogP contribution in [0.1, 0.15) is 50.6 Å². The Balaban J connectivity index is 0.00000162. The number of hydrogen-bond donors (Lipinski definition) is 1. The van der Waals surface area contributed by atoms with Gasteiger partial charge in [-0.2, -0.15) is 0 Å². The highest BCUT2D eigenvalue weighted by Gasteiger charge is 2.21. The van der Waals surface area contributed by atoms with Crippen LogP contribution in [0.25, 0.3) is 0 Å². The quantitative estimate of drug-likeness (QED) is 0.894. The zero-order valence-electron chi connectivity index (χ0n) is 11.1. The predicted molar refractivity (Wildman–Crippen MR) is 78.4 cm³/mol. The van der Waals surface area contributed by atoms with Crippen LogP contribution in [-0.4, -0.2) is 6.61 Å². The summed E-state index contributed by atoms with van der Waals surface area (Å²) in [5.41, 5.74) is 7.60. The van der Waals surface area contributed by atoms with Crippen LogP contribution in [0.2, 0.25) is 0 Å². The Labute approximate surface area is 116 Å². The molecule has 1 aliphatic rings. The minimum Gasteiger partial charge on any atom is -0.494 e. The van der Waals surface area contributed by atoms with Gasteiger partial charge >= 0.3 is 0 Å². The number of benzene rings is 1. The fourth-order valence-corrected chi connectivity index (χ4v) is 2.72. The van der Waals surface area contributed by atoms with Crippen molar-refractivity contribution in [2.24, 2.45) is 11.7 Å². The average molecular weight is 270 g/mol. The maximum Gasteiger partial charge on any atom is 0.119 e. The molecule has 3 heteroatoms. The fraction of sp³-hybridized carbons (Fsp3) is 0.600. The number of ether oxygens (including phenoxy) is 1. The first-order valence-corrected chi connectivity index (χ1v) is 6.79. The Kier molecular flexibility index (Phi) is 6.51. The van der Waals surface area contributed by atoms with E-state index in [9.17, 15) is 0 Å². The van der Waals surface area contributed by atoms with Crippen LogP contribution in [0.15, 0.2) is 24.3 Å². The van der Waals surface area contributed by atoms with Crippen molar-refractivity contribution in [3.63, 3.8) is 0 Å². The van der Waals surface area contributed by atoms with Crippen molar-refractivity contribution in [2.45, 2.75) is 45.1 Å². The van der Waals surface area contributed by atoms with Crippen LogP contribution in [0.5, 0.6) is 5.75 Å². The minimum atomic E-state index is 0. The first kappa shape index (κ1) is 15.3. The summed E-state index contributed by atoms with van der Waals surface area (Å²) in [7, 11) is 0. The summed E-state index contributed by atoms with van der Waals surface area (Å²) in [6.45, 7) is 2.72. The van der Waals surface area contributed by atoms with Crippen LogP contribution in [0.4, 0.5) is 0 Å². The monoisotopic (exact) mass is 269 g/mol. The molecule has 2 N–H and O–H groups in total. The summed E-state index contributed by atoms with van der Waals surface area (Å²) < 4.78 is 5.45. The maximum atomic E-state index is 6.35. The number of nitrogens with two attached hydrogens (primary N) is 1. The van der Waals surface area contributed by atoms with Crippen LogP contribution < -0.4 is 10.5 Å². The zero-order valence-corrected chi connectivity index (χ0v) is 11.9. The van der Waals surface area contributed by atoms with E-state index in [1.165, 1.54) is 37.7 Å². The van der Waals surface area contributed by atoms with Gasteiger partial charge in [-0.15, -0.1) is 12.4 Å². The molecule has 0 unspecified atom stereocenters. The number of rotatable bonds is 4. The number of halogens is 1. The highest BCUT2D eigenvalue weighted by atomic mass is 35.5. The molecular formula is C15H24ClNO. The summed E-state index contributed by atoms with van der Waals surface area (Å²) >= 11 is 0. The van der Waals surface area contributed by atoms with E-state index in [4.69, 9.17) is 10.5 Å². The van der Waals surface area contributed by atoms with Crippen molar-refractivity contribution in [3.05, 3.63) is 29.8 Å². The molecule has 0 spiro atoms. The van der Waals surface area contributed by atoms with Gasteiger partial charge in [-0.1, -0.05) is 31.4 Å². The zero-order chi connectivity index (χ0) is 12.1. The molecule has 18 heavy (non-hydrogen) atoms. The Bertz CT molecular complexity index is 333. The molecule has 1 fully saturated rings. The molecule has 1 saturated carbocycles. The fourth-order valence-electron chi connectivity index (χ4n) is 2.72. The van der Waals surface area contributed by atoms with Gasteiger partial charge in [0.1, 0.15) is 5.75 Å². The van der Waals surface area contributed by atoms with Crippen molar-refractivity contribution in [2.75, 3.05) is 6.61 Å². The summed E-state index contributed by atoms with van der Waals surface area (Å²) in [5.74, 6) is 1.61. The molecule has 2 rings (SSSR count). The van der Waals surface area contributed by atoms with E-state index in [0.717, 1.165) is 5.75 Å². The van der Waals surface area contributed by atoms with Crippen molar-refractivity contribution in [3.8, 4) is 5.75 Å². The third kappa shape index (κ3) is 3.89. The summed E-state index contributed by atoms with van der Waals surface area (Å²) in [5, 5.41) is 0. The normalized spacial score (nSPS) is 17.9. The predicted octanol–water partition coefficient (Wildman–Crippen LogP) is 4.09. The van der Waals surface area contributed by atoms with Crippen LogP contribution in [0.3, 0.4) is 0 Å². The van der Waals surface area contributed by atoms with Gasteiger partial charge in [0.2, 0.25) is 0 Å². The summed E-state index contributed by atoms with van der Waals surface area (Å²) in [6.07, 6.45) is 6.64. The Morgan fingerprint density at radius 3 is 2.33 bits per heavy atom. The molecule has 1 aliphatic carbocycles. The molecule has 0 radical (unpaired) electrons. The molecule has 1 atom stereocenters. The van der Waals surface area contributed by atoms with Crippen molar-refractivity contribution >= 4 is 12.4 Å². The molecule has 102 valence electrons. The summed E-state index contributed by atoms with van der Waals surface area (Å²) in [4.78, 5) is 0. The van der Waals surface area contributed by atoms with Gasteiger partial charge in [0.15, 0.2) is 0 Å². The van der Waals surface area contributed by atoms with E-state index in [0.29, 0.717) is 12.5 Å². The lowest BCUT2D eigenvalue weighted by Crippen LogP contribution is -2.23. The molecule has 0 amide bonds. The largest absolute Gasteiger partial charge is 0.494 e. The van der Waals surface area contributed by atoms with Crippen LogP contribution in [-0.2, 0) is 0 Å². The van der Waals surface area contributed by atoms with Gasteiger partial charge in [-0.25, -0.2) is 0 Å². The van der Waals surface area contributed by atoms with Gasteiger partial charge in [0.25, 0.3) is 0 Å². The molecule has 0 aliphatic heterocycles. The topological polar surface area (TPSA) is 35.2 Å². The van der Waals surface area contributed by atoms with E-state index in [-0.39, 0.29) is 18.4 Å². The van der Waals surface area contributed by atoms with E-state index in [1.807, 2.05) is 19.1 Å². The minimum absolute atomic E-state index is 0. The van der Waals surface area contributed by atoms with Crippen LogP contribution in [0, 0.1) is 5.92 Å². The summed E-state index contributed by atoms with van der Waals surface area (Å²) in [6, 6.07) is 8.49. The molecular weight excluding hydrogens is 246 g/mol. The van der Waals surface area contributed by atoms with Crippen molar-refractivity contribution < 1.29 is 4.74 Å². The Morgan fingerprint density at radius 2 is 1.78 bits per heavy atom. The van der Waals surface area contributed by atoms with E-state index in [2.05, 4.69) is 12.1 Å². The maximum absolute atomic E-state index is 6.35. The van der Waals surface area contributed by atoms with Gasteiger partial charge in [-0.3, -0.25) is 0 Å². The Morgan fingerprint density at radius 1 is 1.17 bits per heavy atom. The smallest absolute Gasteiger partial charge is 0.119 e. The third-order valence-electron chi connectivity index (χ3n) is 3.73. The lowest BCUT2D eigenvalue weighted by atomic mass is 9.81. The Hall–Kier alpha value is -0.730. The van der Waals surface area contributed by atoms with Crippen LogP contribution >= 0.6 is 12.4 Å². The highest BCUT2D eigenvalue weighted by Crippen LogP contribution is 2.33. The van der Waals surface area contributed by atoms with Crippen molar-refractivity contribution in [1.29, 1.82) is 0 Å². The SMILES string of the molecule is CCOc1ccc([C@H](N)C2CCCCC2)cc1.Cl. The molecule has 1 aromatic carbocycles. The van der Waals surface area contributed by atoms with Gasteiger partial charge in [0.05, 0.1) is 6.61 Å². The molecule has 0 saturated heterocycles. The first-order valence-electron chi connectivity index (χ1n) is 6.79. The van der Waals surface area contributed by atoms with E-state index >= 15 is 0 Å². The van der Waals surface area contributed by atoms with Gasteiger partial charge < -0.3 is 10.5 Å². The first-order chi connectivity index (χ1) is 8.31. The standard InChI is InChI=1S/C15H23NO.ClH/c1-2-17-14-10-8-13(9-11-14)15(16)12-6-4-3-5-7-12;/h8-12,15H,2-7,16H2,1H3;1H/t15-;/m1./s1. The lowest BCUT2D eigenvalue weighted by molar-refractivity contribution is 0.307. The number of hydrogen-bond acceptors (Lipinski definition) is 2. The second-order valence-electron chi connectivity index (χ2n) is 4.93. The molecule has 1 aromatic rings. The van der Waals surface area contributed by atoms with E-state index in [1.54, 1.807) is 0 Å². The second-order valence-corrected chi connectivity index (χ2v) is 4.93. The lowest BCUT2D eigenvalue weighted by Gasteiger charge is -2.27. The molecule has 0 heterocycles. The molecule has 0 bridgehead atoms. The molecule has 0 aromatic heterocycles. The molecule has 2 nitrogen and oxygen atoms in total. The van der Waals surface area contributed by atoms with Gasteiger partial charge in [0, 0.05) is 6.04 Å². The van der Waals surface area contributed by atoms with Gasteiger partial charge in [-0.05, 0) is 43.4 Å². The third-order valence-corrected chi connectivity index (χ3v) is 3.73. The van der Waals surface area contributed by atoms with E-state index < -0.39 is 0 Å². The average Bonchev–Trinajstić information content (AvgIpc) is 2.40. The van der Waals surface area contributed by atoms with Crippen molar-refractivity contribution in [1.82, 2.24) is 0 Å².